The number of hydrogen-bond donors (Lipinski definition) is 2. The maximum absolute atomic E-state index is 11.6. The summed E-state index contributed by atoms with van der Waals surface area (Å²) < 4.78 is 4.72. The zero-order valence-corrected chi connectivity index (χ0v) is 11.3. The number of aliphatic hydroxyl groups is 1. The first-order chi connectivity index (χ1) is 9.02. The highest BCUT2D eigenvalue weighted by Gasteiger charge is 2.25. The zero-order chi connectivity index (χ0) is 14.0. The molecule has 1 aliphatic rings. The molecule has 0 aromatic heterocycles. The van der Waals surface area contributed by atoms with Crippen LogP contribution in [0, 0.1) is 5.92 Å². The van der Waals surface area contributed by atoms with Crippen molar-refractivity contribution in [3.05, 3.63) is 23.8 Å². The quantitative estimate of drug-likeness (QED) is 0.621. The Labute approximate surface area is 113 Å². The lowest BCUT2D eigenvalue weighted by molar-refractivity contribution is 0.0601. The molecule has 2 rings (SSSR count). The summed E-state index contributed by atoms with van der Waals surface area (Å²) in [4.78, 5) is 13.8. The van der Waals surface area contributed by atoms with Crippen LogP contribution in [0.1, 0.15) is 23.7 Å². The van der Waals surface area contributed by atoms with Crippen LogP contribution in [0.4, 0.5) is 11.4 Å². The Morgan fingerprint density at radius 1 is 1.53 bits per heavy atom. The molecule has 1 saturated heterocycles. The van der Waals surface area contributed by atoms with Gasteiger partial charge in [0.2, 0.25) is 0 Å². The monoisotopic (exact) mass is 264 g/mol. The third-order valence-electron chi connectivity index (χ3n) is 3.67. The number of nitrogen functional groups attached to an aromatic ring is 1. The van der Waals surface area contributed by atoms with Crippen LogP contribution in [0.15, 0.2) is 18.2 Å². The van der Waals surface area contributed by atoms with Crippen LogP contribution in [0.25, 0.3) is 0 Å². The van der Waals surface area contributed by atoms with E-state index < -0.39 is 5.97 Å². The average molecular weight is 264 g/mol. The topological polar surface area (TPSA) is 75.8 Å². The third-order valence-corrected chi connectivity index (χ3v) is 3.67. The fourth-order valence-electron chi connectivity index (χ4n) is 2.40. The number of hydrogen-bond acceptors (Lipinski definition) is 5. The molecule has 2 unspecified atom stereocenters. The summed E-state index contributed by atoms with van der Waals surface area (Å²) >= 11 is 0. The van der Waals surface area contributed by atoms with Crippen molar-refractivity contribution in [1.29, 1.82) is 0 Å². The van der Waals surface area contributed by atoms with E-state index in [1.54, 1.807) is 12.1 Å². The fraction of sp³-hybridized carbons (Fsp3) is 0.500. The number of benzene rings is 1. The van der Waals surface area contributed by atoms with Crippen LogP contribution in [0.5, 0.6) is 0 Å². The van der Waals surface area contributed by atoms with Gasteiger partial charge in [-0.25, -0.2) is 4.79 Å². The minimum atomic E-state index is -0.426. The Hall–Kier alpha value is -1.75. The molecule has 1 heterocycles. The first-order valence-corrected chi connectivity index (χ1v) is 6.43. The number of piperidine rings is 1. The molecule has 5 nitrogen and oxygen atoms in total. The van der Waals surface area contributed by atoms with Gasteiger partial charge in [-0.2, -0.15) is 0 Å². The van der Waals surface area contributed by atoms with Gasteiger partial charge in [0.15, 0.2) is 0 Å². The van der Waals surface area contributed by atoms with Crippen LogP contribution < -0.4 is 10.6 Å². The van der Waals surface area contributed by atoms with Gasteiger partial charge >= 0.3 is 5.97 Å². The van der Waals surface area contributed by atoms with Gasteiger partial charge in [-0.1, -0.05) is 6.92 Å². The van der Waals surface area contributed by atoms with E-state index in [9.17, 15) is 9.90 Å². The molecular formula is C14H20N2O3. The first kappa shape index (κ1) is 13.7. The standard InChI is InChI=1S/C14H20N2O3/c1-9-8-16(6-5-13(9)17)10-3-4-12(15)11(7-10)14(18)19-2/h3-4,7,9,13,17H,5-6,8,15H2,1-2H3. The number of esters is 1. The summed E-state index contributed by atoms with van der Waals surface area (Å²) in [6.07, 6.45) is 0.490. The third kappa shape index (κ3) is 2.81. The van der Waals surface area contributed by atoms with Gasteiger partial charge in [0.1, 0.15) is 0 Å². The molecule has 1 aromatic rings. The zero-order valence-electron chi connectivity index (χ0n) is 11.3. The Bertz CT molecular complexity index is 476. The highest BCUT2D eigenvalue weighted by atomic mass is 16.5. The normalized spacial score (nSPS) is 23.2. The van der Waals surface area contributed by atoms with Gasteiger partial charge in [-0.3, -0.25) is 0 Å². The maximum atomic E-state index is 11.6. The molecule has 1 fully saturated rings. The largest absolute Gasteiger partial charge is 0.465 e. The number of carbonyl (C=O) groups is 1. The minimum absolute atomic E-state index is 0.216. The number of aliphatic hydroxyl groups excluding tert-OH is 1. The van der Waals surface area contributed by atoms with Crippen LogP contribution >= 0.6 is 0 Å². The van der Waals surface area contributed by atoms with Crippen molar-refractivity contribution in [2.24, 2.45) is 5.92 Å². The number of rotatable bonds is 2. The van der Waals surface area contributed by atoms with E-state index in [0.29, 0.717) is 11.3 Å². The van der Waals surface area contributed by atoms with Crippen molar-refractivity contribution >= 4 is 17.3 Å². The molecule has 5 heteroatoms. The lowest BCUT2D eigenvalue weighted by Crippen LogP contribution is -2.42. The minimum Gasteiger partial charge on any atom is -0.465 e. The van der Waals surface area contributed by atoms with Gasteiger partial charge in [-0.05, 0) is 30.5 Å². The Morgan fingerprint density at radius 3 is 2.89 bits per heavy atom. The van der Waals surface area contributed by atoms with E-state index in [1.165, 1.54) is 7.11 Å². The Morgan fingerprint density at radius 2 is 2.26 bits per heavy atom. The molecule has 0 bridgehead atoms. The molecule has 104 valence electrons. The van der Waals surface area contributed by atoms with Crippen molar-refractivity contribution < 1.29 is 14.6 Å². The summed E-state index contributed by atoms with van der Waals surface area (Å²) in [5.41, 5.74) is 7.53. The molecule has 0 spiro atoms. The SMILES string of the molecule is COC(=O)c1cc(N2CCC(O)C(C)C2)ccc1N. The lowest BCUT2D eigenvalue weighted by Gasteiger charge is -2.36. The second-order valence-corrected chi connectivity index (χ2v) is 5.04. The highest BCUT2D eigenvalue weighted by Crippen LogP contribution is 2.26. The molecule has 19 heavy (non-hydrogen) atoms. The molecule has 1 aliphatic heterocycles. The number of nitrogens with zero attached hydrogens (tertiary/aromatic N) is 1. The predicted molar refractivity (Wildman–Crippen MR) is 74.2 cm³/mol. The van der Waals surface area contributed by atoms with Crippen molar-refractivity contribution in [3.63, 3.8) is 0 Å². The van der Waals surface area contributed by atoms with Crippen molar-refractivity contribution in [2.75, 3.05) is 30.8 Å². The second-order valence-electron chi connectivity index (χ2n) is 5.04. The molecule has 1 aromatic carbocycles. The van der Waals surface area contributed by atoms with E-state index in [0.717, 1.165) is 25.2 Å². The summed E-state index contributed by atoms with van der Waals surface area (Å²) in [5.74, 6) is -0.211. The average Bonchev–Trinajstić information content (AvgIpc) is 2.41. The number of anilines is 2. The predicted octanol–water partition coefficient (Wildman–Crippen LogP) is 1.26. The molecular weight excluding hydrogens is 244 g/mol. The van der Waals surface area contributed by atoms with Crippen molar-refractivity contribution in [2.45, 2.75) is 19.4 Å². The Balaban J connectivity index is 2.24. The fourth-order valence-corrected chi connectivity index (χ4v) is 2.40. The van der Waals surface area contributed by atoms with Crippen LogP contribution in [0.3, 0.4) is 0 Å². The van der Waals surface area contributed by atoms with E-state index >= 15 is 0 Å². The molecule has 0 amide bonds. The first-order valence-electron chi connectivity index (χ1n) is 6.43. The molecule has 2 atom stereocenters. The Kier molecular flexibility index (Phi) is 3.95. The molecule has 0 aliphatic carbocycles. The van der Waals surface area contributed by atoms with E-state index in [2.05, 4.69) is 4.90 Å². The van der Waals surface area contributed by atoms with Crippen LogP contribution in [-0.4, -0.2) is 37.4 Å². The molecule has 0 saturated carbocycles. The van der Waals surface area contributed by atoms with Crippen molar-refractivity contribution in [3.8, 4) is 0 Å². The molecule has 0 radical (unpaired) electrons. The van der Waals surface area contributed by atoms with Crippen LogP contribution in [0.2, 0.25) is 0 Å². The number of ether oxygens (including phenoxy) is 1. The van der Waals surface area contributed by atoms with Gasteiger partial charge in [0, 0.05) is 24.5 Å². The number of methoxy groups -OCH3 is 1. The van der Waals surface area contributed by atoms with E-state index in [4.69, 9.17) is 10.5 Å². The van der Waals surface area contributed by atoms with Gasteiger partial charge < -0.3 is 20.5 Å². The number of carbonyl (C=O) groups excluding carboxylic acids is 1. The van der Waals surface area contributed by atoms with Gasteiger partial charge in [0.25, 0.3) is 0 Å². The summed E-state index contributed by atoms with van der Waals surface area (Å²) in [6.45, 7) is 3.57. The summed E-state index contributed by atoms with van der Waals surface area (Å²) in [6, 6.07) is 5.37. The molecule has 3 N–H and O–H groups in total. The van der Waals surface area contributed by atoms with Gasteiger partial charge in [-0.15, -0.1) is 0 Å². The van der Waals surface area contributed by atoms with E-state index in [-0.39, 0.29) is 12.0 Å². The van der Waals surface area contributed by atoms with Crippen LogP contribution in [-0.2, 0) is 4.74 Å². The van der Waals surface area contributed by atoms with Gasteiger partial charge in [0.05, 0.1) is 18.8 Å². The van der Waals surface area contributed by atoms with E-state index in [1.807, 2.05) is 13.0 Å². The summed E-state index contributed by atoms with van der Waals surface area (Å²) in [5, 5.41) is 9.75. The maximum Gasteiger partial charge on any atom is 0.340 e. The number of nitrogens with two attached hydrogens (primary N) is 1. The lowest BCUT2D eigenvalue weighted by atomic mass is 9.96. The summed E-state index contributed by atoms with van der Waals surface area (Å²) in [7, 11) is 1.34. The highest BCUT2D eigenvalue weighted by molar-refractivity contribution is 5.96. The second kappa shape index (κ2) is 5.48. The smallest absolute Gasteiger partial charge is 0.340 e. The van der Waals surface area contributed by atoms with Crippen molar-refractivity contribution in [1.82, 2.24) is 0 Å².